The van der Waals surface area contributed by atoms with E-state index >= 15 is 0 Å². The number of carbonyl (C=O) groups excluding carboxylic acids is 2. The van der Waals surface area contributed by atoms with Gasteiger partial charge in [0.1, 0.15) is 23.0 Å². The number of hydrogen-bond donors (Lipinski definition) is 2. The highest BCUT2D eigenvalue weighted by Gasteiger charge is 2.31. The zero-order chi connectivity index (χ0) is 25.1. The van der Waals surface area contributed by atoms with Gasteiger partial charge < -0.3 is 19.4 Å². The molecule has 1 saturated heterocycles. The number of carbonyl (C=O) groups is 2. The Labute approximate surface area is 207 Å². The third kappa shape index (κ3) is 4.83. The molecule has 1 unspecified atom stereocenters. The lowest BCUT2D eigenvalue weighted by atomic mass is 10.0. The molecule has 0 saturated carbocycles. The molecule has 0 radical (unpaired) electrons. The van der Waals surface area contributed by atoms with E-state index in [0.717, 1.165) is 35.1 Å². The first kappa shape index (κ1) is 23.3. The molecule has 5 rings (SSSR count). The van der Waals surface area contributed by atoms with Crippen molar-refractivity contribution in [2.75, 3.05) is 18.5 Å². The number of ether oxygens (including phenoxy) is 2. The van der Waals surface area contributed by atoms with Crippen LogP contribution in [0.3, 0.4) is 0 Å². The number of nitrogens with one attached hydrogen (secondary N) is 2. The summed E-state index contributed by atoms with van der Waals surface area (Å²) in [4.78, 5) is 42.5. The van der Waals surface area contributed by atoms with Crippen LogP contribution in [0, 0.1) is 0 Å². The van der Waals surface area contributed by atoms with Crippen molar-refractivity contribution in [3.8, 4) is 23.0 Å². The van der Waals surface area contributed by atoms with Crippen molar-refractivity contribution in [2.24, 2.45) is 0 Å². The van der Waals surface area contributed by atoms with Crippen molar-refractivity contribution >= 4 is 28.9 Å². The highest BCUT2D eigenvalue weighted by Crippen LogP contribution is 2.41. The van der Waals surface area contributed by atoms with E-state index in [1.165, 1.54) is 6.20 Å². The van der Waals surface area contributed by atoms with Gasteiger partial charge in [-0.05, 0) is 50.1 Å². The lowest BCUT2D eigenvalue weighted by molar-refractivity contribution is -0.129. The van der Waals surface area contributed by atoms with Gasteiger partial charge >= 0.3 is 6.09 Å². The number of hydrogen-bond acceptors (Lipinski definition) is 7. The normalized spacial score (nSPS) is 15.2. The quantitative estimate of drug-likeness (QED) is 0.390. The topological polar surface area (TPSA) is 122 Å². The van der Waals surface area contributed by atoms with E-state index in [1.54, 1.807) is 32.2 Å². The third-order valence-electron chi connectivity index (χ3n) is 6.01. The number of aromatic nitrogens is 4. The van der Waals surface area contributed by atoms with Crippen LogP contribution in [0.2, 0.25) is 0 Å². The van der Waals surface area contributed by atoms with E-state index in [9.17, 15) is 9.59 Å². The average Bonchev–Trinajstić information content (AvgIpc) is 3.53. The molecule has 1 fully saturated rings. The van der Waals surface area contributed by atoms with Crippen LogP contribution in [-0.4, -0.2) is 50.0 Å². The summed E-state index contributed by atoms with van der Waals surface area (Å²) in [6, 6.07) is 12.8. The Hall–Kier alpha value is -4.47. The highest BCUT2D eigenvalue weighted by molar-refractivity contribution is 5.84. The van der Waals surface area contributed by atoms with E-state index in [0.29, 0.717) is 29.7 Å². The van der Waals surface area contributed by atoms with E-state index < -0.39 is 6.09 Å². The summed E-state index contributed by atoms with van der Waals surface area (Å²) < 4.78 is 11.1. The molecule has 10 heteroatoms. The predicted octanol–water partition coefficient (Wildman–Crippen LogP) is 5.06. The standard InChI is InChI=1S/C26H26N6O4/c1-3-35-26(34)31-24-10-9-17(15-28-24)36-23-14-21-20(29-25(30-21)19-7-4-5-11-27-19)13-18(23)22-8-6-12-32(22)16(2)33/h4-5,7,9-11,13-15,22H,3,6,8,12H2,1-2H3,(H,29,30)(H,28,31,34). The summed E-state index contributed by atoms with van der Waals surface area (Å²) in [5.41, 5.74) is 3.17. The van der Waals surface area contributed by atoms with Crippen LogP contribution < -0.4 is 10.1 Å². The molecule has 36 heavy (non-hydrogen) atoms. The summed E-state index contributed by atoms with van der Waals surface area (Å²) in [5, 5.41) is 2.56. The van der Waals surface area contributed by atoms with Gasteiger partial charge in [0.15, 0.2) is 5.82 Å². The first-order valence-electron chi connectivity index (χ1n) is 11.8. The Morgan fingerprint density at radius 1 is 1.19 bits per heavy atom. The number of anilines is 1. The number of aromatic amines is 1. The molecule has 1 aliphatic heterocycles. The maximum absolute atomic E-state index is 12.3. The molecule has 1 aliphatic rings. The van der Waals surface area contributed by atoms with Gasteiger partial charge in [-0.2, -0.15) is 0 Å². The summed E-state index contributed by atoms with van der Waals surface area (Å²) >= 11 is 0. The molecule has 184 valence electrons. The molecule has 2 amide bonds. The Balaban J connectivity index is 1.50. The monoisotopic (exact) mass is 486 g/mol. The Kier molecular flexibility index (Phi) is 6.48. The zero-order valence-electron chi connectivity index (χ0n) is 20.0. The van der Waals surface area contributed by atoms with Crippen LogP contribution in [0.15, 0.2) is 54.9 Å². The average molecular weight is 487 g/mol. The Morgan fingerprint density at radius 3 is 2.81 bits per heavy atom. The lowest BCUT2D eigenvalue weighted by Crippen LogP contribution is -2.28. The second-order valence-corrected chi connectivity index (χ2v) is 8.40. The third-order valence-corrected chi connectivity index (χ3v) is 6.01. The molecule has 2 N–H and O–H groups in total. The molecule has 0 bridgehead atoms. The molecule has 1 atom stereocenters. The number of H-pyrrole nitrogens is 1. The maximum atomic E-state index is 12.3. The molecular formula is C26H26N6O4. The Bertz CT molecular complexity index is 1390. The predicted molar refractivity (Wildman–Crippen MR) is 134 cm³/mol. The number of rotatable bonds is 6. The lowest BCUT2D eigenvalue weighted by Gasteiger charge is -2.25. The van der Waals surface area contributed by atoms with Crippen molar-refractivity contribution in [1.82, 2.24) is 24.8 Å². The van der Waals surface area contributed by atoms with Gasteiger partial charge in [-0.25, -0.2) is 14.8 Å². The maximum Gasteiger partial charge on any atom is 0.412 e. The largest absolute Gasteiger partial charge is 0.455 e. The van der Waals surface area contributed by atoms with E-state index in [-0.39, 0.29) is 18.6 Å². The number of amides is 2. The van der Waals surface area contributed by atoms with Gasteiger partial charge in [-0.3, -0.25) is 15.1 Å². The second kappa shape index (κ2) is 10.0. The first-order valence-corrected chi connectivity index (χ1v) is 11.8. The fourth-order valence-corrected chi connectivity index (χ4v) is 4.41. The van der Waals surface area contributed by atoms with Crippen LogP contribution in [0.5, 0.6) is 11.5 Å². The molecular weight excluding hydrogens is 460 g/mol. The minimum Gasteiger partial charge on any atom is -0.455 e. The first-order chi connectivity index (χ1) is 17.5. The van der Waals surface area contributed by atoms with Gasteiger partial charge in [0.25, 0.3) is 0 Å². The van der Waals surface area contributed by atoms with Crippen LogP contribution in [0.4, 0.5) is 10.6 Å². The van der Waals surface area contributed by atoms with Gasteiger partial charge in [-0.15, -0.1) is 0 Å². The van der Waals surface area contributed by atoms with Crippen LogP contribution in [-0.2, 0) is 9.53 Å². The van der Waals surface area contributed by atoms with Crippen molar-refractivity contribution in [2.45, 2.75) is 32.7 Å². The summed E-state index contributed by atoms with van der Waals surface area (Å²) in [6.45, 7) is 4.29. The van der Waals surface area contributed by atoms with Crippen molar-refractivity contribution in [1.29, 1.82) is 0 Å². The van der Waals surface area contributed by atoms with Gasteiger partial charge in [0.2, 0.25) is 5.91 Å². The second-order valence-electron chi connectivity index (χ2n) is 8.40. The van der Waals surface area contributed by atoms with Crippen LogP contribution in [0.25, 0.3) is 22.6 Å². The number of pyridine rings is 2. The number of fused-ring (bicyclic) bond motifs is 1. The van der Waals surface area contributed by atoms with E-state index in [2.05, 4.69) is 20.3 Å². The molecule has 0 spiro atoms. The van der Waals surface area contributed by atoms with Crippen LogP contribution >= 0.6 is 0 Å². The summed E-state index contributed by atoms with van der Waals surface area (Å²) in [6.07, 6.45) is 4.43. The van der Waals surface area contributed by atoms with E-state index in [1.807, 2.05) is 35.2 Å². The number of nitrogens with zero attached hydrogens (tertiary/aromatic N) is 4. The molecule has 4 heterocycles. The minimum atomic E-state index is -0.570. The number of imidazole rings is 1. The van der Waals surface area contributed by atoms with Gasteiger partial charge in [0.05, 0.1) is 29.9 Å². The molecule has 3 aromatic heterocycles. The highest BCUT2D eigenvalue weighted by atomic mass is 16.5. The van der Waals surface area contributed by atoms with Crippen LogP contribution in [0.1, 0.15) is 38.3 Å². The Morgan fingerprint density at radius 2 is 2.08 bits per heavy atom. The minimum absolute atomic E-state index is 0.0263. The van der Waals surface area contributed by atoms with Gasteiger partial charge in [0, 0.05) is 31.3 Å². The van der Waals surface area contributed by atoms with Crippen molar-refractivity contribution < 1.29 is 19.1 Å². The number of likely N-dealkylation sites (tertiary alicyclic amines) is 1. The van der Waals surface area contributed by atoms with E-state index in [4.69, 9.17) is 14.5 Å². The van der Waals surface area contributed by atoms with Crippen molar-refractivity contribution in [3.63, 3.8) is 0 Å². The van der Waals surface area contributed by atoms with Crippen molar-refractivity contribution in [3.05, 3.63) is 60.4 Å². The fraction of sp³-hybridized carbons (Fsp3) is 0.269. The summed E-state index contributed by atoms with van der Waals surface area (Å²) in [7, 11) is 0. The summed E-state index contributed by atoms with van der Waals surface area (Å²) in [5.74, 6) is 2.10. The SMILES string of the molecule is CCOC(=O)Nc1ccc(Oc2cc3nc(-c4ccccn4)[nH]c3cc2C2CCCN2C(C)=O)cn1. The molecule has 1 aromatic carbocycles. The molecule has 10 nitrogen and oxygen atoms in total. The fourth-order valence-electron chi connectivity index (χ4n) is 4.41. The van der Waals surface area contributed by atoms with Gasteiger partial charge in [-0.1, -0.05) is 6.07 Å². The molecule has 4 aromatic rings. The number of benzene rings is 1. The smallest absolute Gasteiger partial charge is 0.412 e. The zero-order valence-corrected chi connectivity index (χ0v) is 20.0. The molecule has 0 aliphatic carbocycles.